The summed E-state index contributed by atoms with van der Waals surface area (Å²) >= 11 is 0. The molecule has 1 saturated carbocycles. The predicted molar refractivity (Wildman–Crippen MR) is 72.8 cm³/mol. The van der Waals surface area contributed by atoms with E-state index in [-0.39, 0.29) is 17.2 Å². The summed E-state index contributed by atoms with van der Waals surface area (Å²) in [5, 5.41) is 0. The molecule has 0 aliphatic heterocycles. The Hall–Kier alpha value is -0.910. The monoisotopic (exact) mass is 268 g/mol. The maximum Gasteiger partial charge on any atom is 0.147 e. The molecular weight excluding hydrogens is 248 g/mol. The molecule has 18 heavy (non-hydrogen) atoms. The minimum atomic E-state index is -2.94. The molecule has 0 bridgehead atoms. The zero-order chi connectivity index (χ0) is 13.2. The van der Waals surface area contributed by atoms with Crippen LogP contribution in [0.5, 0.6) is 0 Å². The van der Waals surface area contributed by atoms with Crippen molar-refractivity contribution >= 4 is 9.84 Å². The molecule has 0 heterocycles. The van der Waals surface area contributed by atoms with E-state index in [4.69, 9.17) is 5.84 Å². The molecule has 0 spiro atoms. The van der Waals surface area contributed by atoms with Gasteiger partial charge in [-0.25, -0.2) is 8.42 Å². The van der Waals surface area contributed by atoms with Crippen LogP contribution in [0.1, 0.15) is 24.8 Å². The Balaban J connectivity index is 2.13. The summed E-state index contributed by atoms with van der Waals surface area (Å²) in [6, 6.07) is 10.2. The van der Waals surface area contributed by atoms with Gasteiger partial charge in [-0.15, -0.1) is 0 Å². The molecule has 100 valence electrons. The molecule has 1 aromatic rings. The number of benzene rings is 1. The van der Waals surface area contributed by atoms with E-state index < -0.39 is 9.84 Å². The van der Waals surface area contributed by atoms with E-state index in [2.05, 4.69) is 17.6 Å². The summed E-state index contributed by atoms with van der Waals surface area (Å²) in [6.07, 6.45) is 3.96. The highest BCUT2D eigenvalue weighted by Gasteiger charge is 2.50. The first-order valence-electron chi connectivity index (χ1n) is 6.17. The molecule has 1 atom stereocenters. The maximum atomic E-state index is 11.3. The molecular formula is C13H20N2O2S. The van der Waals surface area contributed by atoms with Crippen LogP contribution >= 0.6 is 0 Å². The molecule has 4 nitrogen and oxygen atoms in total. The summed E-state index contributed by atoms with van der Waals surface area (Å²) in [7, 11) is -2.94. The van der Waals surface area contributed by atoms with Crippen molar-refractivity contribution in [3.05, 3.63) is 35.9 Å². The molecule has 3 N–H and O–H groups in total. The third kappa shape index (κ3) is 2.91. The predicted octanol–water partition coefficient (Wildman–Crippen LogP) is 0.985. The van der Waals surface area contributed by atoms with Gasteiger partial charge in [0.1, 0.15) is 9.84 Å². The highest BCUT2D eigenvalue weighted by atomic mass is 32.2. The molecule has 1 aliphatic rings. The first kappa shape index (κ1) is 13.5. The van der Waals surface area contributed by atoms with Gasteiger partial charge in [0.15, 0.2) is 0 Å². The van der Waals surface area contributed by atoms with Gasteiger partial charge >= 0.3 is 0 Å². The summed E-state index contributed by atoms with van der Waals surface area (Å²) in [5.41, 5.74) is 4.09. The summed E-state index contributed by atoms with van der Waals surface area (Å²) in [6.45, 7) is 0. The van der Waals surface area contributed by atoms with Gasteiger partial charge in [0.25, 0.3) is 0 Å². The van der Waals surface area contributed by atoms with Gasteiger partial charge in [-0.3, -0.25) is 11.3 Å². The van der Waals surface area contributed by atoms with Crippen molar-refractivity contribution in [1.82, 2.24) is 5.43 Å². The number of nitrogens with one attached hydrogen (secondary N) is 1. The zero-order valence-corrected chi connectivity index (χ0v) is 11.4. The lowest BCUT2D eigenvalue weighted by Crippen LogP contribution is -2.45. The van der Waals surface area contributed by atoms with Gasteiger partial charge in [0, 0.05) is 17.7 Å². The minimum Gasteiger partial charge on any atom is -0.271 e. The van der Waals surface area contributed by atoms with Crippen LogP contribution in [-0.4, -0.2) is 26.5 Å². The molecule has 0 aromatic heterocycles. The van der Waals surface area contributed by atoms with Crippen LogP contribution in [0, 0.1) is 0 Å². The first-order valence-corrected chi connectivity index (χ1v) is 8.23. The van der Waals surface area contributed by atoms with Crippen LogP contribution < -0.4 is 11.3 Å². The smallest absolute Gasteiger partial charge is 0.147 e. The van der Waals surface area contributed by atoms with Gasteiger partial charge < -0.3 is 0 Å². The lowest BCUT2D eigenvalue weighted by Gasteiger charge is -2.26. The van der Waals surface area contributed by atoms with E-state index >= 15 is 0 Å². The summed E-state index contributed by atoms with van der Waals surface area (Å²) in [4.78, 5) is 0. The molecule has 1 aromatic carbocycles. The Morgan fingerprint density at radius 3 is 2.39 bits per heavy atom. The van der Waals surface area contributed by atoms with Crippen molar-refractivity contribution in [3.63, 3.8) is 0 Å². The van der Waals surface area contributed by atoms with Crippen molar-refractivity contribution in [3.8, 4) is 0 Å². The fraction of sp³-hybridized carbons (Fsp3) is 0.538. The van der Waals surface area contributed by atoms with E-state index in [0.717, 1.165) is 12.8 Å². The van der Waals surface area contributed by atoms with Gasteiger partial charge in [-0.1, -0.05) is 30.3 Å². The van der Waals surface area contributed by atoms with Crippen molar-refractivity contribution in [2.75, 3.05) is 12.0 Å². The molecule has 2 rings (SSSR count). The van der Waals surface area contributed by atoms with Crippen LogP contribution in [0.4, 0.5) is 0 Å². The molecule has 0 amide bonds. The van der Waals surface area contributed by atoms with Crippen LogP contribution in [0.15, 0.2) is 30.3 Å². The zero-order valence-electron chi connectivity index (χ0n) is 10.6. The molecule has 5 heteroatoms. The van der Waals surface area contributed by atoms with E-state index in [1.165, 1.54) is 11.8 Å². The molecule has 0 saturated heterocycles. The van der Waals surface area contributed by atoms with Crippen LogP contribution in [-0.2, 0) is 15.3 Å². The number of hydrogen-bond donors (Lipinski definition) is 2. The summed E-state index contributed by atoms with van der Waals surface area (Å²) in [5.74, 6) is 5.80. The van der Waals surface area contributed by atoms with Gasteiger partial charge in [0.05, 0.1) is 5.75 Å². The van der Waals surface area contributed by atoms with Crippen LogP contribution in [0.25, 0.3) is 0 Å². The summed E-state index contributed by atoms with van der Waals surface area (Å²) < 4.78 is 22.5. The van der Waals surface area contributed by atoms with Crippen LogP contribution in [0.2, 0.25) is 0 Å². The molecule has 1 aliphatic carbocycles. The quantitative estimate of drug-likeness (QED) is 0.596. The lowest BCUT2D eigenvalue weighted by molar-refractivity contribution is 0.412. The van der Waals surface area contributed by atoms with Gasteiger partial charge in [-0.05, 0) is 24.8 Å². The average molecular weight is 268 g/mol. The van der Waals surface area contributed by atoms with Crippen molar-refractivity contribution < 1.29 is 8.42 Å². The number of hydrogen-bond acceptors (Lipinski definition) is 4. The number of nitrogens with two attached hydrogens (primary N) is 1. The molecule has 0 radical (unpaired) electrons. The fourth-order valence-electron chi connectivity index (χ4n) is 2.59. The number of sulfone groups is 1. The SMILES string of the molecule is CS(=O)(=O)CCC(NN)C1(c2ccccc2)CC1. The van der Waals surface area contributed by atoms with E-state index in [0.29, 0.717) is 6.42 Å². The molecule has 1 unspecified atom stereocenters. The topological polar surface area (TPSA) is 72.2 Å². The second-order valence-corrected chi connectivity index (χ2v) is 7.42. The van der Waals surface area contributed by atoms with E-state index in [1.807, 2.05) is 18.2 Å². The molecule has 1 fully saturated rings. The minimum absolute atomic E-state index is 0.0228. The second kappa shape index (κ2) is 4.99. The first-order chi connectivity index (χ1) is 8.48. The lowest BCUT2D eigenvalue weighted by atomic mass is 9.87. The van der Waals surface area contributed by atoms with Crippen LogP contribution in [0.3, 0.4) is 0 Å². The Bertz CT molecular complexity index is 495. The highest BCUT2D eigenvalue weighted by molar-refractivity contribution is 7.90. The van der Waals surface area contributed by atoms with Crippen molar-refractivity contribution in [2.24, 2.45) is 5.84 Å². The fourth-order valence-corrected chi connectivity index (χ4v) is 3.26. The van der Waals surface area contributed by atoms with Gasteiger partial charge in [-0.2, -0.15) is 0 Å². The highest BCUT2D eigenvalue weighted by Crippen LogP contribution is 2.51. The Labute approximate surface area is 108 Å². The third-order valence-electron chi connectivity index (χ3n) is 3.78. The van der Waals surface area contributed by atoms with E-state index in [1.54, 1.807) is 0 Å². The van der Waals surface area contributed by atoms with E-state index in [9.17, 15) is 8.42 Å². The van der Waals surface area contributed by atoms with Crippen molar-refractivity contribution in [1.29, 1.82) is 0 Å². The Kier molecular flexibility index (Phi) is 3.75. The van der Waals surface area contributed by atoms with Crippen molar-refractivity contribution in [2.45, 2.75) is 30.7 Å². The number of rotatable bonds is 6. The largest absolute Gasteiger partial charge is 0.271 e. The second-order valence-electron chi connectivity index (χ2n) is 5.16. The Morgan fingerprint density at radius 2 is 1.94 bits per heavy atom. The number of hydrazine groups is 1. The van der Waals surface area contributed by atoms with Gasteiger partial charge in [0.2, 0.25) is 0 Å². The average Bonchev–Trinajstić information content (AvgIpc) is 3.11. The normalized spacial score (nSPS) is 19.4. The standard InChI is InChI=1S/C13H20N2O2S/c1-18(16,17)10-7-12(15-14)13(8-9-13)11-5-3-2-4-6-11/h2-6,12,15H,7-10,14H2,1H3. The Morgan fingerprint density at radius 1 is 1.33 bits per heavy atom. The maximum absolute atomic E-state index is 11.3. The third-order valence-corrected chi connectivity index (χ3v) is 4.76.